The zero-order valence-electron chi connectivity index (χ0n) is 10.0. The molecule has 2 rings (SSSR count). The molecule has 1 aliphatic carbocycles. The highest BCUT2D eigenvalue weighted by atomic mass is 16.5. The van der Waals surface area contributed by atoms with E-state index in [2.05, 4.69) is 5.32 Å². The number of benzene rings is 1. The number of nitrogens with two attached hydrogens (primary N) is 1. The quantitative estimate of drug-likeness (QED) is 0.820. The van der Waals surface area contributed by atoms with Crippen molar-refractivity contribution in [1.82, 2.24) is 5.32 Å². The summed E-state index contributed by atoms with van der Waals surface area (Å²) in [5.74, 6) is -0.356. The van der Waals surface area contributed by atoms with Gasteiger partial charge in [-0.25, -0.2) is 4.79 Å². The summed E-state index contributed by atoms with van der Waals surface area (Å²) < 4.78 is 5.03. The Morgan fingerprint density at radius 3 is 2.50 bits per heavy atom. The predicted octanol–water partition coefficient (Wildman–Crippen LogP) is 1.18. The second kappa shape index (κ2) is 5.08. The van der Waals surface area contributed by atoms with Crippen molar-refractivity contribution in [2.45, 2.75) is 19.4 Å². The zero-order valence-corrected chi connectivity index (χ0v) is 10.0. The fraction of sp³-hybridized carbons (Fsp3) is 0.385. The summed E-state index contributed by atoms with van der Waals surface area (Å²) in [6.07, 6.45) is 0.953. The van der Waals surface area contributed by atoms with Crippen LogP contribution >= 0.6 is 0 Å². The molecule has 0 spiro atoms. The molecule has 1 aliphatic rings. The van der Waals surface area contributed by atoms with E-state index in [9.17, 15) is 9.59 Å². The summed E-state index contributed by atoms with van der Waals surface area (Å²) in [6.45, 7) is 0.478. The van der Waals surface area contributed by atoms with Crippen molar-refractivity contribution in [2.24, 2.45) is 11.1 Å². The molecule has 1 saturated carbocycles. The number of nitrogens with one attached hydrogen (secondary N) is 1. The van der Waals surface area contributed by atoms with Crippen LogP contribution in [-0.2, 0) is 16.1 Å². The summed E-state index contributed by atoms with van der Waals surface area (Å²) in [4.78, 5) is 22.5. The lowest BCUT2D eigenvalue weighted by Crippen LogP contribution is -2.37. The lowest BCUT2D eigenvalue weighted by molar-refractivity contribution is -0.122. The minimum Gasteiger partial charge on any atom is -0.445 e. The normalized spacial score (nSPS) is 15.8. The lowest BCUT2D eigenvalue weighted by Gasteiger charge is -2.12. The molecule has 0 aliphatic heterocycles. The number of alkyl carbamates (subject to hydrolysis) is 1. The molecular formula is C13H16N2O3. The number of ether oxygens (including phenoxy) is 1. The molecule has 1 fully saturated rings. The van der Waals surface area contributed by atoms with Crippen molar-refractivity contribution < 1.29 is 14.3 Å². The molecule has 0 unspecified atom stereocenters. The van der Waals surface area contributed by atoms with Gasteiger partial charge in [-0.15, -0.1) is 0 Å². The van der Waals surface area contributed by atoms with E-state index in [1.807, 2.05) is 30.3 Å². The molecule has 1 aromatic carbocycles. The van der Waals surface area contributed by atoms with Gasteiger partial charge in [0.15, 0.2) is 0 Å². The van der Waals surface area contributed by atoms with Crippen molar-refractivity contribution in [2.75, 3.05) is 6.54 Å². The Morgan fingerprint density at radius 2 is 1.94 bits per heavy atom. The summed E-state index contributed by atoms with van der Waals surface area (Å²) in [7, 11) is 0. The SMILES string of the molecule is NC(=O)C1(CNC(=O)OCc2ccccc2)CC1. The Bertz CT molecular complexity index is 441. The predicted molar refractivity (Wildman–Crippen MR) is 65.5 cm³/mol. The number of carbonyl (C=O) groups is 2. The highest BCUT2D eigenvalue weighted by Gasteiger charge is 2.48. The molecular weight excluding hydrogens is 232 g/mol. The first-order valence-corrected chi connectivity index (χ1v) is 5.87. The van der Waals surface area contributed by atoms with Crippen molar-refractivity contribution >= 4 is 12.0 Å². The van der Waals surface area contributed by atoms with E-state index in [0.29, 0.717) is 0 Å². The van der Waals surface area contributed by atoms with Crippen LogP contribution in [0.4, 0.5) is 4.79 Å². The largest absolute Gasteiger partial charge is 0.445 e. The van der Waals surface area contributed by atoms with E-state index < -0.39 is 11.5 Å². The van der Waals surface area contributed by atoms with E-state index >= 15 is 0 Å². The van der Waals surface area contributed by atoms with Crippen LogP contribution in [0, 0.1) is 5.41 Å². The number of carbonyl (C=O) groups excluding carboxylic acids is 2. The van der Waals surface area contributed by atoms with E-state index in [1.54, 1.807) is 0 Å². The zero-order chi connectivity index (χ0) is 13.0. The summed E-state index contributed by atoms with van der Waals surface area (Å²) >= 11 is 0. The second-order valence-corrected chi connectivity index (χ2v) is 4.56. The molecule has 2 amide bonds. The Kier molecular flexibility index (Phi) is 3.50. The Morgan fingerprint density at radius 1 is 1.28 bits per heavy atom. The van der Waals surface area contributed by atoms with Crippen LogP contribution in [0.15, 0.2) is 30.3 Å². The lowest BCUT2D eigenvalue weighted by atomic mass is 10.1. The third-order valence-corrected chi connectivity index (χ3v) is 3.16. The Balaban J connectivity index is 1.72. The van der Waals surface area contributed by atoms with Gasteiger partial charge in [0, 0.05) is 6.54 Å². The first-order chi connectivity index (χ1) is 8.62. The van der Waals surface area contributed by atoms with Crippen LogP contribution < -0.4 is 11.1 Å². The highest BCUT2D eigenvalue weighted by Crippen LogP contribution is 2.44. The second-order valence-electron chi connectivity index (χ2n) is 4.56. The fourth-order valence-electron chi connectivity index (χ4n) is 1.68. The van der Waals surface area contributed by atoms with E-state index in [-0.39, 0.29) is 19.1 Å². The molecule has 0 atom stereocenters. The maximum Gasteiger partial charge on any atom is 0.407 e. The molecule has 0 radical (unpaired) electrons. The highest BCUT2D eigenvalue weighted by molar-refractivity contribution is 5.84. The monoisotopic (exact) mass is 248 g/mol. The van der Waals surface area contributed by atoms with Crippen LogP contribution in [-0.4, -0.2) is 18.5 Å². The van der Waals surface area contributed by atoms with Gasteiger partial charge in [0.05, 0.1) is 5.41 Å². The minimum absolute atomic E-state index is 0.218. The molecule has 0 bridgehead atoms. The van der Waals surface area contributed by atoms with Crippen molar-refractivity contribution in [1.29, 1.82) is 0 Å². The fourth-order valence-corrected chi connectivity index (χ4v) is 1.68. The average Bonchev–Trinajstić information content (AvgIpc) is 3.16. The molecule has 0 aromatic heterocycles. The number of rotatable bonds is 5. The van der Waals surface area contributed by atoms with Gasteiger partial charge < -0.3 is 15.8 Å². The molecule has 5 heteroatoms. The summed E-state index contributed by atoms with van der Waals surface area (Å²) in [5, 5.41) is 2.58. The van der Waals surface area contributed by atoms with Crippen LogP contribution in [0.25, 0.3) is 0 Å². The number of amides is 2. The van der Waals surface area contributed by atoms with Crippen LogP contribution in [0.1, 0.15) is 18.4 Å². The number of hydrogen-bond donors (Lipinski definition) is 2. The van der Waals surface area contributed by atoms with Crippen molar-refractivity contribution in [3.05, 3.63) is 35.9 Å². The Hall–Kier alpha value is -2.04. The minimum atomic E-state index is -0.536. The smallest absolute Gasteiger partial charge is 0.407 e. The topological polar surface area (TPSA) is 81.4 Å². The Labute approximate surface area is 105 Å². The molecule has 5 nitrogen and oxygen atoms in total. The third kappa shape index (κ3) is 3.00. The molecule has 0 heterocycles. The molecule has 0 saturated heterocycles. The average molecular weight is 248 g/mol. The first kappa shape index (κ1) is 12.4. The van der Waals surface area contributed by atoms with E-state index in [1.165, 1.54) is 0 Å². The van der Waals surface area contributed by atoms with Crippen LogP contribution in [0.3, 0.4) is 0 Å². The van der Waals surface area contributed by atoms with Gasteiger partial charge >= 0.3 is 6.09 Å². The summed E-state index contributed by atoms with van der Waals surface area (Å²) in [5.41, 5.74) is 5.64. The van der Waals surface area contributed by atoms with E-state index in [0.717, 1.165) is 18.4 Å². The first-order valence-electron chi connectivity index (χ1n) is 5.87. The van der Waals surface area contributed by atoms with Gasteiger partial charge in [-0.3, -0.25) is 4.79 Å². The van der Waals surface area contributed by atoms with Crippen molar-refractivity contribution in [3.63, 3.8) is 0 Å². The van der Waals surface area contributed by atoms with Gasteiger partial charge in [0.2, 0.25) is 5.91 Å². The molecule has 96 valence electrons. The van der Waals surface area contributed by atoms with Gasteiger partial charge in [0.25, 0.3) is 0 Å². The third-order valence-electron chi connectivity index (χ3n) is 3.16. The number of primary amides is 1. The van der Waals surface area contributed by atoms with Gasteiger partial charge in [0.1, 0.15) is 6.61 Å². The standard InChI is InChI=1S/C13H16N2O3/c14-11(16)13(6-7-13)9-15-12(17)18-8-10-4-2-1-3-5-10/h1-5H,6-9H2,(H2,14,16)(H,15,17). The maximum atomic E-state index is 11.4. The number of hydrogen-bond acceptors (Lipinski definition) is 3. The summed E-state index contributed by atoms with van der Waals surface area (Å²) in [6, 6.07) is 9.40. The van der Waals surface area contributed by atoms with E-state index in [4.69, 9.17) is 10.5 Å². The maximum absolute atomic E-state index is 11.4. The van der Waals surface area contributed by atoms with Gasteiger partial charge in [-0.1, -0.05) is 30.3 Å². The van der Waals surface area contributed by atoms with Crippen LogP contribution in [0.2, 0.25) is 0 Å². The van der Waals surface area contributed by atoms with Gasteiger partial charge in [-0.05, 0) is 18.4 Å². The van der Waals surface area contributed by atoms with Gasteiger partial charge in [-0.2, -0.15) is 0 Å². The van der Waals surface area contributed by atoms with Crippen molar-refractivity contribution in [3.8, 4) is 0 Å². The molecule has 1 aromatic rings. The molecule has 3 N–H and O–H groups in total. The van der Waals surface area contributed by atoms with Crippen LogP contribution in [0.5, 0.6) is 0 Å². The molecule has 18 heavy (non-hydrogen) atoms.